The van der Waals surface area contributed by atoms with Crippen molar-refractivity contribution in [2.45, 2.75) is 56.9 Å². The standard InChI is InChI=1S/C16H24N4O4S2/c1-10(2)6-12(19-15(22)24-16(3,4)5)14(21)20-26(18,23)13-7-11(8-17)9-25-13/h7,9-10,12H,6H2,1-5H3,(H,19,22)(H2,18,20,21,23)/t12-,26?/m0/s1. The van der Waals surface area contributed by atoms with E-state index in [9.17, 15) is 13.8 Å². The number of alkyl carbamates (subject to hydrolysis) is 1. The van der Waals surface area contributed by atoms with Gasteiger partial charge in [-0.05, 0) is 39.2 Å². The topological polar surface area (TPSA) is 135 Å². The van der Waals surface area contributed by atoms with Gasteiger partial charge >= 0.3 is 6.09 Å². The van der Waals surface area contributed by atoms with Crippen molar-refractivity contribution in [3.63, 3.8) is 0 Å². The molecule has 0 spiro atoms. The first kappa shape index (κ1) is 22.1. The van der Waals surface area contributed by atoms with Crippen LogP contribution in [0.3, 0.4) is 0 Å². The third-order valence-electron chi connectivity index (χ3n) is 2.91. The number of carbonyl (C=O) groups is 2. The molecule has 0 aliphatic heterocycles. The maximum absolute atomic E-state index is 12.6. The van der Waals surface area contributed by atoms with Gasteiger partial charge in [-0.3, -0.25) is 4.79 Å². The van der Waals surface area contributed by atoms with Gasteiger partial charge in [-0.2, -0.15) is 5.26 Å². The molecule has 8 nitrogen and oxygen atoms in total. The summed E-state index contributed by atoms with van der Waals surface area (Å²) in [4.78, 5) is 24.5. The Morgan fingerprint density at radius 2 is 2.08 bits per heavy atom. The maximum Gasteiger partial charge on any atom is 0.408 e. The number of hydrogen-bond acceptors (Lipinski definition) is 6. The fraction of sp³-hybridized carbons (Fsp3) is 0.562. The lowest BCUT2D eigenvalue weighted by Gasteiger charge is -2.23. The summed E-state index contributed by atoms with van der Waals surface area (Å²) in [5.74, 6) is -0.737. The molecule has 1 rings (SSSR count). The van der Waals surface area contributed by atoms with Gasteiger partial charge in [0.2, 0.25) is 0 Å². The van der Waals surface area contributed by atoms with Crippen LogP contribution in [0.5, 0.6) is 0 Å². The van der Waals surface area contributed by atoms with Gasteiger partial charge in [-0.1, -0.05) is 13.8 Å². The van der Waals surface area contributed by atoms with Gasteiger partial charge in [0.25, 0.3) is 5.91 Å². The van der Waals surface area contributed by atoms with Crippen molar-refractivity contribution >= 4 is 33.3 Å². The number of ether oxygens (including phenoxy) is 1. The minimum atomic E-state index is -3.50. The molecule has 10 heteroatoms. The highest BCUT2D eigenvalue weighted by molar-refractivity contribution is 7.93. The predicted molar refractivity (Wildman–Crippen MR) is 99.7 cm³/mol. The minimum absolute atomic E-state index is 0.0647. The zero-order chi connectivity index (χ0) is 20.1. The summed E-state index contributed by atoms with van der Waals surface area (Å²) in [7, 11) is -3.50. The first-order valence-corrected chi connectivity index (χ1v) is 10.4. The molecule has 0 fully saturated rings. The third kappa shape index (κ3) is 7.11. The molecule has 26 heavy (non-hydrogen) atoms. The fourth-order valence-corrected chi connectivity index (χ4v) is 4.06. The predicted octanol–water partition coefficient (Wildman–Crippen LogP) is 2.79. The van der Waals surface area contributed by atoms with E-state index in [1.54, 1.807) is 20.8 Å². The van der Waals surface area contributed by atoms with Crippen molar-refractivity contribution < 1.29 is 18.5 Å². The highest BCUT2D eigenvalue weighted by atomic mass is 32.2. The average molecular weight is 401 g/mol. The third-order valence-corrected chi connectivity index (χ3v) is 5.79. The van der Waals surface area contributed by atoms with Crippen LogP contribution in [-0.4, -0.2) is 27.9 Å². The number of hydrogen-bond donors (Lipinski definition) is 2. The molecule has 0 aliphatic carbocycles. The molecule has 0 saturated carbocycles. The molecule has 0 aliphatic rings. The van der Waals surface area contributed by atoms with Gasteiger partial charge in [-0.15, -0.1) is 15.7 Å². The van der Waals surface area contributed by atoms with Crippen molar-refractivity contribution in [2.75, 3.05) is 0 Å². The minimum Gasteiger partial charge on any atom is -0.444 e. The summed E-state index contributed by atoms with van der Waals surface area (Å²) in [5, 5.41) is 18.5. The highest BCUT2D eigenvalue weighted by Crippen LogP contribution is 2.20. The van der Waals surface area contributed by atoms with Crippen LogP contribution < -0.4 is 10.5 Å². The van der Waals surface area contributed by atoms with Crippen molar-refractivity contribution in [2.24, 2.45) is 15.4 Å². The Morgan fingerprint density at radius 3 is 2.54 bits per heavy atom. The molecular weight excluding hydrogens is 376 g/mol. The number of nitrogens with zero attached hydrogens (tertiary/aromatic N) is 2. The summed E-state index contributed by atoms with van der Waals surface area (Å²) in [5.41, 5.74) is -0.435. The molecule has 0 aromatic carbocycles. The first-order valence-electron chi connectivity index (χ1n) is 7.91. The number of rotatable bonds is 5. The van der Waals surface area contributed by atoms with E-state index >= 15 is 0 Å². The SMILES string of the molecule is CC(C)C[C@H](NC(=O)OC(C)(C)C)C(=O)N=S(N)(=O)c1cc(C#N)cs1. The Hall–Kier alpha value is -1.96. The fourth-order valence-electron chi connectivity index (χ4n) is 1.91. The van der Waals surface area contributed by atoms with E-state index < -0.39 is 33.6 Å². The van der Waals surface area contributed by atoms with Crippen LogP contribution in [0, 0.1) is 17.2 Å². The van der Waals surface area contributed by atoms with Gasteiger partial charge in [0.05, 0.1) is 5.56 Å². The molecule has 1 unspecified atom stereocenters. The van der Waals surface area contributed by atoms with Crippen molar-refractivity contribution in [1.29, 1.82) is 5.26 Å². The maximum atomic E-state index is 12.6. The highest BCUT2D eigenvalue weighted by Gasteiger charge is 2.26. The normalized spacial score (nSPS) is 14.8. The van der Waals surface area contributed by atoms with E-state index in [4.69, 9.17) is 15.1 Å². The molecule has 0 saturated heterocycles. The summed E-state index contributed by atoms with van der Waals surface area (Å²) in [6.07, 6.45) is -0.483. The van der Waals surface area contributed by atoms with Crippen LogP contribution in [0.25, 0.3) is 0 Å². The van der Waals surface area contributed by atoms with Crippen LogP contribution in [0.15, 0.2) is 20.0 Å². The molecule has 1 aromatic heterocycles. The van der Waals surface area contributed by atoms with Gasteiger partial charge < -0.3 is 10.1 Å². The Labute approximate surface area is 158 Å². The number of nitrogens with two attached hydrogens (primary N) is 1. The van der Waals surface area contributed by atoms with Crippen LogP contribution in [-0.2, 0) is 19.4 Å². The van der Waals surface area contributed by atoms with E-state index in [1.165, 1.54) is 11.4 Å². The Morgan fingerprint density at radius 1 is 1.46 bits per heavy atom. The van der Waals surface area contributed by atoms with Gasteiger partial charge in [0.15, 0.2) is 9.92 Å². The molecule has 2 atom stereocenters. The zero-order valence-corrected chi connectivity index (χ0v) is 17.1. The summed E-state index contributed by atoms with van der Waals surface area (Å²) in [6.45, 7) is 8.84. The summed E-state index contributed by atoms with van der Waals surface area (Å²) in [6, 6.07) is 2.22. The van der Waals surface area contributed by atoms with E-state index in [0.717, 1.165) is 11.3 Å². The van der Waals surface area contributed by atoms with Crippen LogP contribution in [0.2, 0.25) is 0 Å². The monoisotopic (exact) mass is 400 g/mol. The molecule has 2 amide bonds. The number of thiophene rings is 1. The summed E-state index contributed by atoms with van der Waals surface area (Å²) < 4.78 is 21.5. The van der Waals surface area contributed by atoms with Gasteiger partial charge in [-0.25, -0.2) is 14.1 Å². The lowest BCUT2D eigenvalue weighted by atomic mass is 10.0. The number of nitriles is 1. The quantitative estimate of drug-likeness (QED) is 0.783. The lowest BCUT2D eigenvalue weighted by Crippen LogP contribution is -2.44. The molecular formula is C16H24N4O4S2. The first-order chi connectivity index (χ1) is 11.8. The smallest absolute Gasteiger partial charge is 0.408 e. The van der Waals surface area contributed by atoms with E-state index in [1.807, 2.05) is 19.9 Å². The summed E-state index contributed by atoms with van der Waals surface area (Å²) >= 11 is 0.989. The number of nitrogens with one attached hydrogen (secondary N) is 1. The second-order valence-corrected chi connectivity index (χ2v) is 10.0. The molecule has 144 valence electrons. The number of carbonyl (C=O) groups excluding carboxylic acids is 2. The van der Waals surface area contributed by atoms with E-state index in [2.05, 4.69) is 9.68 Å². The van der Waals surface area contributed by atoms with Gasteiger partial charge in [0.1, 0.15) is 21.9 Å². The molecule has 1 heterocycles. The molecule has 3 N–H and O–H groups in total. The van der Waals surface area contributed by atoms with Crippen molar-refractivity contribution in [3.05, 3.63) is 17.0 Å². The van der Waals surface area contributed by atoms with Crippen LogP contribution in [0.1, 0.15) is 46.6 Å². The molecule has 1 aromatic rings. The largest absolute Gasteiger partial charge is 0.444 e. The Balaban J connectivity index is 3.06. The Kier molecular flexibility index (Phi) is 7.32. The zero-order valence-electron chi connectivity index (χ0n) is 15.4. The lowest BCUT2D eigenvalue weighted by molar-refractivity contribution is -0.120. The number of amides is 2. The second kappa shape index (κ2) is 8.62. The molecule has 0 radical (unpaired) electrons. The van der Waals surface area contributed by atoms with Crippen molar-refractivity contribution in [1.82, 2.24) is 5.32 Å². The van der Waals surface area contributed by atoms with E-state index in [-0.39, 0.29) is 22.1 Å². The van der Waals surface area contributed by atoms with E-state index in [0.29, 0.717) is 0 Å². The second-order valence-electron chi connectivity index (χ2n) is 7.09. The molecule has 0 bridgehead atoms. The van der Waals surface area contributed by atoms with Crippen LogP contribution in [0.4, 0.5) is 4.79 Å². The van der Waals surface area contributed by atoms with Gasteiger partial charge in [0, 0.05) is 5.38 Å². The van der Waals surface area contributed by atoms with Crippen molar-refractivity contribution in [3.8, 4) is 6.07 Å². The van der Waals surface area contributed by atoms with Crippen LogP contribution >= 0.6 is 11.3 Å². The Bertz CT molecular complexity index is 824. The average Bonchev–Trinajstić information content (AvgIpc) is 2.93.